The van der Waals surface area contributed by atoms with Gasteiger partial charge < -0.3 is 14.9 Å². The second kappa shape index (κ2) is 7.03. The van der Waals surface area contributed by atoms with E-state index in [1.54, 1.807) is 6.07 Å². The Balaban J connectivity index is 2.73. The second-order valence-electron chi connectivity index (χ2n) is 3.99. The fraction of sp³-hybridized carbons (Fsp3) is 0.636. The molecule has 1 aromatic rings. The van der Waals surface area contributed by atoms with Gasteiger partial charge in [0.2, 0.25) is 5.88 Å². The highest BCUT2D eigenvalue weighted by Gasteiger charge is 2.06. The molecule has 0 aliphatic heterocycles. The van der Waals surface area contributed by atoms with Crippen LogP contribution in [-0.2, 0) is 11.3 Å². The molecule has 0 unspecified atom stereocenters. The molecule has 1 rings (SSSR count). The summed E-state index contributed by atoms with van der Waals surface area (Å²) in [6, 6.07) is 1.66. The number of nitrogen functional groups attached to an aromatic ring is 1. The summed E-state index contributed by atoms with van der Waals surface area (Å²) in [5.74, 6) is 7.36. The number of hydrogen-bond acceptors (Lipinski definition) is 6. The van der Waals surface area contributed by atoms with Crippen LogP contribution in [0.3, 0.4) is 0 Å². The molecule has 0 bridgehead atoms. The Labute approximate surface area is 102 Å². The van der Waals surface area contributed by atoms with Crippen LogP contribution in [0.4, 0.5) is 5.82 Å². The number of hydrogen-bond donors (Lipinski definition) is 2. The van der Waals surface area contributed by atoms with Gasteiger partial charge in [-0.15, -0.1) is 0 Å². The molecule has 1 aromatic heterocycles. The van der Waals surface area contributed by atoms with E-state index < -0.39 is 0 Å². The molecule has 0 amide bonds. The van der Waals surface area contributed by atoms with Crippen LogP contribution in [0.5, 0.6) is 5.88 Å². The van der Waals surface area contributed by atoms with Crippen molar-refractivity contribution in [3.63, 3.8) is 0 Å². The Morgan fingerprint density at radius 3 is 2.76 bits per heavy atom. The summed E-state index contributed by atoms with van der Waals surface area (Å²) in [6.07, 6.45) is 0. The summed E-state index contributed by atoms with van der Waals surface area (Å²) in [5.41, 5.74) is 2.49. The molecule has 96 valence electrons. The summed E-state index contributed by atoms with van der Waals surface area (Å²) in [4.78, 5) is 8.40. The molecule has 0 saturated heterocycles. The zero-order valence-corrected chi connectivity index (χ0v) is 10.6. The predicted molar refractivity (Wildman–Crippen MR) is 65.5 cm³/mol. The van der Waals surface area contributed by atoms with Gasteiger partial charge in [0.1, 0.15) is 12.4 Å². The Kier molecular flexibility index (Phi) is 5.65. The van der Waals surface area contributed by atoms with Gasteiger partial charge in [-0.2, -0.15) is 4.98 Å². The quantitative estimate of drug-likeness (QED) is 0.552. The highest BCUT2D eigenvalue weighted by molar-refractivity contribution is 5.36. The summed E-state index contributed by atoms with van der Waals surface area (Å²) in [5, 5.41) is 0. The van der Waals surface area contributed by atoms with Crippen LogP contribution in [-0.4, -0.2) is 23.2 Å². The summed E-state index contributed by atoms with van der Waals surface area (Å²) in [7, 11) is 0. The van der Waals surface area contributed by atoms with Gasteiger partial charge in [0.05, 0.1) is 6.61 Å². The van der Waals surface area contributed by atoms with Crippen LogP contribution < -0.4 is 16.0 Å². The standard InChI is InChI=1S/C11H20N4O2/c1-4-16-7-10-13-9(15-12)5-11(14-10)17-6-8(2)3/h5,8H,4,6-7,12H2,1-3H3,(H,13,14,15). The SMILES string of the molecule is CCOCc1nc(NN)cc(OCC(C)C)n1. The largest absolute Gasteiger partial charge is 0.477 e. The number of aromatic nitrogens is 2. The van der Waals surface area contributed by atoms with Crippen molar-refractivity contribution in [1.82, 2.24) is 9.97 Å². The van der Waals surface area contributed by atoms with Crippen molar-refractivity contribution in [2.45, 2.75) is 27.4 Å². The molecule has 0 aliphatic carbocycles. The average molecular weight is 240 g/mol. The van der Waals surface area contributed by atoms with Crippen LogP contribution in [0.1, 0.15) is 26.6 Å². The Morgan fingerprint density at radius 1 is 1.41 bits per heavy atom. The van der Waals surface area contributed by atoms with Crippen molar-refractivity contribution >= 4 is 5.82 Å². The lowest BCUT2D eigenvalue weighted by molar-refractivity contribution is 0.127. The van der Waals surface area contributed by atoms with E-state index in [1.807, 2.05) is 6.92 Å². The molecule has 6 nitrogen and oxygen atoms in total. The maximum atomic E-state index is 5.53. The molecule has 0 aromatic carbocycles. The van der Waals surface area contributed by atoms with E-state index in [-0.39, 0.29) is 0 Å². The van der Waals surface area contributed by atoms with Crippen molar-refractivity contribution < 1.29 is 9.47 Å². The maximum Gasteiger partial charge on any atom is 0.218 e. The molecule has 0 saturated carbocycles. The fourth-order valence-corrected chi connectivity index (χ4v) is 1.13. The highest BCUT2D eigenvalue weighted by atomic mass is 16.5. The van der Waals surface area contributed by atoms with Gasteiger partial charge in [0, 0.05) is 12.7 Å². The van der Waals surface area contributed by atoms with Crippen LogP contribution >= 0.6 is 0 Å². The molecular formula is C11H20N4O2. The zero-order chi connectivity index (χ0) is 12.7. The minimum Gasteiger partial charge on any atom is -0.477 e. The molecule has 6 heteroatoms. The van der Waals surface area contributed by atoms with E-state index in [0.717, 1.165) is 0 Å². The molecular weight excluding hydrogens is 220 g/mol. The van der Waals surface area contributed by atoms with Crippen LogP contribution in [0.15, 0.2) is 6.07 Å². The molecule has 0 aliphatic rings. The van der Waals surface area contributed by atoms with Gasteiger partial charge in [-0.25, -0.2) is 10.8 Å². The third kappa shape index (κ3) is 4.97. The lowest BCUT2D eigenvalue weighted by Gasteiger charge is -2.10. The van der Waals surface area contributed by atoms with Crippen molar-refractivity contribution in [1.29, 1.82) is 0 Å². The summed E-state index contributed by atoms with van der Waals surface area (Å²) >= 11 is 0. The maximum absolute atomic E-state index is 5.53. The molecule has 0 spiro atoms. The fourth-order valence-electron chi connectivity index (χ4n) is 1.13. The van der Waals surface area contributed by atoms with E-state index in [1.165, 1.54) is 0 Å². The van der Waals surface area contributed by atoms with Gasteiger partial charge in [-0.1, -0.05) is 13.8 Å². The second-order valence-corrected chi connectivity index (χ2v) is 3.99. The smallest absolute Gasteiger partial charge is 0.218 e. The number of ether oxygens (including phenoxy) is 2. The van der Waals surface area contributed by atoms with Gasteiger partial charge in [0.25, 0.3) is 0 Å². The number of hydrazine groups is 1. The highest BCUT2D eigenvalue weighted by Crippen LogP contribution is 2.14. The van der Waals surface area contributed by atoms with E-state index in [9.17, 15) is 0 Å². The third-order valence-electron chi connectivity index (χ3n) is 1.90. The number of nitrogens with zero attached hydrogens (tertiary/aromatic N) is 2. The third-order valence-corrected chi connectivity index (χ3v) is 1.90. The van der Waals surface area contributed by atoms with Gasteiger partial charge in [-0.3, -0.25) is 0 Å². The lowest BCUT2D eigenvalue weighted by Crippen LogP contribution is -2.13. The van der Waals surface area contributed by atoms with E-state index in [4.69, 9.17) is 15.3 Å². The molecule has 0 fully saturated rings. The Hall–Kier alpha value is -1.40. The predicted octanol–water partition coefficient (Wildman–Crippen LogP) is 1.33. The van der Waals surface area contributed by atoms with Crippen molar-refractivity contribution in [3.05, 3.63) is 11.9 Å². The summed E-state index contributed by atoms with van der Waals surface area (Å²) < 4.78 is 10.8. The topological polar surface area (TPSA) is 82.3 Å². The summed E-state index contributed by atoms with van der Waals surface area (Å²) in [6.45, 7) is 7.64. The van der Waals surface area contributed by atoms with E-state index in [0.29, 0.717) is 43.3 Å². The monoisotopic (exact) mass is 240 g/mol. The van der Waals surface area contributed by atoms with E-state index >= 15 is 0 Å². The van der Waals surface area contributed by atoms with Crippen LogP contribution in [0.2, 0.25) is 0 Å². The molecule has 17 heavy (non-hydrogen) atoms. The molecule has 1 heterocycles. The molecule has 0 atom stereocenters. The van der Waals surface area contributed by atoms with Gasteiger partial charge in [0.15, 0.2) is 5.82 Å². The number of nitrogens with one attached hydrogen (secondary N) is 1. The van der Waals surface area contributed by atoms with Crippen molar-refractivity contribution in [2.75, 3.05) is 18.6 Å². The number of nitrogens with two attached hydrogens (primary N) is 1. The van der Waals surface area contributed by atoms with Crippen LogP contribution in [0.25, 0.3) is 0 Å². The minimum atomic E-state index is 0.351. The zero-order valence-electron chi connectivity index (χ0n) is 10.6. The van der Waals surface area contributed by atoms with E-state index in [2.05, 4.69) is 29.2 Å². The first-order valence-corrected chi connectivity index (χ1v) is 5.70. The normalized spacial score (nSPS) is 10.6. The molecule has 0 radical (unpaired) electrons. The minimum absolute atomic E-state index is 0.351. The van der Waals surface area contributed by atoms with Crippen molar-refractivity contribution in [2.24, 2.45) is 11.8 Å². The van der Waals surface area contributed by atoms with Gasteiger partial charge >= 0.3 is 0 Å². The average Bonchev–Trinajstić information content (AvgIpc) is 2.33. The first-order chi connectivity index (χ1) is 8.15. The Bertz CT molecular complexity index is 344. The molecule has 3 N–H and O–H groups in total. The Morgan fingerprint density at radius 2 is 2.18 bits per heavy atom. The van der Waals surface area contributed by atoms with Crippen LogP contribution in [0, 0.1) is 5.92 Å². The first-order valence-electron chi connectivity index (χ1n) is 5.70. The van der Waals surface area contributed by atoms with Gasteiger partial charge in [-0.05, 0) is 12.8 Å². The number of rotatable bonds is 7. The lowest BCUT2D eigenvalue weighted by atomic mass is 10.2. The number of anilines is 1. The van der Waals surface area contributed by atoms with Crippen molar-refractivity contribution in [3.8, 4) is 5.88 Å². The first kappa shape index (κ1) is 13.7.